The fraction of sp³-hybridized carbons (Fsp3) is 0.286. The largest absolute Gasteiger partial charge is 0.454 e. The highest BCUT2D eigenvalue weighted by Gasteiger charge is 2.43. The van der Waals surface area contributed by atoms with E-state index in [1.54, 1.807) is 6.20 Å². The van der Waals surface area contributed by atoms with Gasteiger partial charge in [-0.15, -0.1) is 0 Å². The van der Waals surface area contributed by atoms with Crippen molar-refractivity contribution in [3.63, 3.8) is 0 Å². The van der Waals surface area contributed by atoms with Crippen molar-refractivity contribution in [2.75, 3.05) is 23.6 Å². The second-order valence-electron chi connectivity index (χ2n) is 9.97. The molecule has 2 atom stereocenters. The van der Waals surface area contributed by atoms with E-state index in [-0.39, 0.29) is 24.4 Å². The number of halogens is 1. The van der Waals surface area contributed by atoms with E-state index in [2.05, 4.69) is 66.1 Å². The molecule has 3 aliphatic heterocycles. The number of nitrogens with one attached hydrogen (secondary N) is 1. The van der Waals surface area contributed by atoms with Gasteiger partial charge in [-0.2, -0.15) is 0 Å². The summed E-state index contributed by atoms with van der Waals surface area (Å²) in [6.45, 7) is 6.79. The van der Waals surface area contributed by atoms with E-state index in [4.69, 9.17) is 33.3 Å². The van der Waals surface area contributed by atoms with Gasteiger partial charge in [0.2, 0.25) is 6.79 Å². The summed E-state index contributed by atoms with van der Waals surface area (Å²) >= 11 is 13.0. The van der Waals surface area contributed by atoms with Crippen molar-refractivity contribution in [3.8, 4) is 11.5 Å². The minimum Gasteiger partial charge on any atom is -0.454 e. The molecule has 0 aliphatic carbocycles. The fourth-order valence-corrected chi connectivity index (χ4v) is 6.01. The summed E-state index contributed by atoms with van der Waals surface area (Å²) in [5, 5.41) is 4.81. The monoisotopic (exact) mass is 518 g/mol. The van der Waals surface area contributed by atoms with E-state index in [1.165, 1.54) is 11.1 Å². The van der Waals surface area contributed by atoms with Gasteiger partial charge in [0.05, 0.1) is 23.3 Å². The molecule has 2 unspecified atom stereocenters. The number of hydrogen-bond acceptors (Lipinski definition) is 5. The number of ether oxygens (including phenoxy) is 2. The topological polar surface area (TPSA) is 49.9 Å². The first kappa shape index (κ1) is 23.1. The molecule has 36 heavy (non-hydrogen) atoms. The molecule has 0 spiro atoms. The van der Waals surface area contributed by atoms with Crippen LogP contribution < -0.4 is 24.6 Å². The Morgan fingerprint density at radius 3 is 2.69 bits per heavy atom. The number of pyridine rings is 1. The zero-order valence-corrected chi connectivity index (χ0v) is 22.2. The molecule has 3 aromatic rings. The van der Waals surface area contributed by atoms with Crippen LogP contribution in [0.15, 0.2) is 60.8 Å². The third-order valence-corrected chi connectivity index (χ3v) is 8.03. The van der Waals surface area contributed by atoms with Crippen LogP contribution in [0.25, 0.3) is 5.57 Å². The van der Waals surface area contributed by atoms with Gasteiger partial charge in [0.15, 0.2) is 16.6 Å². The van der Waals surface area contributed by atoms with Crippen LogP contribution in [-0.4, -0.2) is 29.5 Å². The molecule has 1 saturated heterocycles. The first-order valence-electron chi connectivity index (χ1n) is 11.9. The lowest BCUT2D eigenvalue weighted by Crippen LogP contribution is -2.42. The molecule has 0 bridgehead atoms. The third kappa shape index (κ3) is 3.61. The molecule has 4 heterocycles. The molecule has 0 radical (unpaired) electrons. The molecule has 1 aromatic heterocycles. The van der Waals surface area contributed by atoms with Crippen LogP contribution in [0.4, 0.5) is 11.4 Å². The molecule has 3 aliphatic rings. The number of thiocarbonyl (C=S) groups is 1. The quantitative estimate of drug-likeness (QED) is 0.410. The number of anilines is 2. The van der Waals surface area contributed by atoms with Crippen LogP contribution in [0.3, 0.4) is 0 Å². The molecule has 1 fully saturated rings. The molecule has 1 N–H and O–H groups in total. The number of likely N-dealkylation sites (N-methyl/N-ethyl adjacent to an activating group) is 1. The van der Waals surface area contributed by atoms with Gasteiger partial charge < -0.3 is 24.6 Å². The average molecular weight is 519 g/mol. The Bertz CT molecular complexity index is 1410. The number of nitrogens with zero attached hydrogens (tertiary/aromatic N) is 3. The van der Waals surface area contributed by atoms with Crippen molar-refractivity contribution >= 4 is 45.9 Å². The van der Waals surface area contributed by atoms with Crippen molar-refractivity contribution in [3.05, 3.63) is 82.6 Å². The molecule has 0 amide bonds. The Kier molecular flexibility index (Phi) is 5.39. The predicted octanol–water partition coefficient (Wildman–Crippen LogP) is 6.27. The number of rotatable bonds is 3. The lowest BCUT2D eigenvalue weighted by Gasteiger charge is -2.41. The molecule has 6 nitrogen and oxygen atoms in total. The van der Waals surface area contributed by atoms with Gasteiger partial charge in [-0.3, -0.25) is 4.98 Å². The normalized spacial score (nSPS) is 21.8. The summed E-state index contributed by atoms with van der Waals surface area (Å²) in [4.78, 5) is 9.05. The van der Waals surface area contributed by atoms with Gasteiger partial charge in [0, 0.05) is 41.3 Å². The summed E-state index contributed by atoms with van der Waals surface area (Å²) in [6.07, 6.45) is 4.11. The zero-order chi connectivity index (χ0) is 25.2. The summed E-state index contributed by atoms with van der Waals surface area (Å²) < 4.78 is 11.2. The van der Waals surface area contributed by atoms with E-state index in [1.807, 2.05) is 36.4 Å². The predicted molar refractivity (Wildman–Crippen MR) is 148 cm³/mol. The van der Waals surface area contributed by atoms with E-state index >= 15 is 0 Å². The Labute approximate surface area is 221 Å². The second-order valence-corrected chi connectivity index (χ2v) is 10.8. The number of benzene rings is 2. The molecule has 8 heteroatoms. The Morgan fingerprint density at radius 1 is 1.11 bits per heavy atom. The number of fused-ring (bicyclic) bond motifs is 2. The fourth-order valence-electron chi connectivity index (χ4n) is 5.40. The van der Waals surface area contributed by atoms with Crippen LogP contribution in [0.2, 0.25) is 5.02 Å². The van der Waals surface area contributed by atoms with E-state index in [0.717, 1.165) is 28.4 Å². The zero-order valence-electron chi connectivity index (χ0n) is 20.6. The highest BCUT2D eigenvalue weighted by Crippen LogP contribution is 2.49. The molecular weight excluding hydrogens is 492 g/mol. The maximum Gasteiger partial charge on any atom is 0.231 e. The molecular formula is C28H27ClN4O2S. The highest BCUT2D eigenvalue weighted by atomic mass is 35.5. The molecule has 0 saturated carbocycles. The van der Waals surface area contributed by atoms with Crippen molar-refractivity contribution in [1.82, 2.24) is 10.3 Å². The Morgan fingerprint density at radius 2 is 1.92 bits per heavy atom. The van der Waals surface area contributed by atoms with Gasteiger partial charge in [-0.25, -0.2) is 0 Å². The number of aromatic nitrogens is 1. The average Bonchev–Trinajstić information content (AvgIpc) is 3.46. The van der Waals surface area contributed by atoms with Gasteiger partial charge in [-0.1, -0.05) is 23.7 Å². The summed E-state index contributed by atoms with van der Waals surface area (Å²) in [6, 6.07) is 15.7. The maximum absolute atomic E-state index is 7.09. The van der Waals surface area contributed by atoms with E-state index in [9.17, 15) is 0 Å². The minimum atomic E-state index is -0.224. The second kappa shape index (κ2) is 8.39. The van der Waals surface area contributed by atoms with Gasteiger partial charge in [-0.05, 0) is 80.5 Å². The van der Waals surface area contributed by atoms with Crippen LogP contribution in [-0.2, 0) is 0 Å². The third-order valence-electron chi connectivity index (χ3n) is 7.39. The van der Waals surface area contributed by atoms with Crippen molar-refractivity contribution < 1.29 is 9.47 Å². The van der Waals surface area contributed by atoms with E-state index < -0.39 is 0 Å². The smallest absolute Gasteiger partial charge is 0.231 e. The lowest BCUT2D eigenvalue weighted by molar-refractivity contribution is 0.174. The van der Waals surface area contributed by atoms with E-state index in [0.29, 0.717) is 15.9 Å². The standard InChI is InChI=1S/C28H27ClN4O2S/c1-16-14-28(2,3)32(4)22-13-20(29)19(12-18(16)22)26-25(21-7-5-6-10-30-21)31-27(36)33(26)17-8-9-23-24(11-17)35-15-34-23/h5-14,25-26H,15H2,1-4H3,(H,31,36). The van der Waals surface area contributed by atoms with Crippen LogP contribution in [0, 0.1) is 0 Å². The van der Waals surface area contributed by atoms with Gasteiger partial charge in [0.1, 0.15) is 0 Å². The summed E-state index contributed by atoms with van der Waals surface area (Å²) in [7, 11) is 2.11. The van der Waals surface area contributed by atoms with Gasteiger partial charge >= 0.3 is 0 Å². The molecule has 184 valence electrons. The maximum atomic E-state index is 7.09. The molecule has 6 rings (SSSR count). The summed E-state index contributed by atoms with van der Waals surface area (Å²) in [5.41, 5.74) is 6.19. The molecule has 2 aromatic carbocycles. The number of hydrogen-bond donors (Lipinski definition) is 1. The highest BCUT2D eigenvalue weighted by molar-refractivity contribution is 7.80. The first-order chi connectivity index (χ1) is 17.2. The first-order valence-corrected chi connectivity index (χ1v) is 12.7. The lowest BCUT2D eigenvalue weighted by atomic mass is 9.86. The summed E-state index contributed by atoms with van der Waals surface area (Å²) in [5.74, 6) is 1.43. The SMILES string of the molecule is CC1=CC(C)(C)N(C)c2cc(Cl)c(C3C(c4ccccn4)NC(=S)N3c3ccc4c(c3)OCO4)cc21. The van der Waals surface area contributed by atoms with Crippen LogP contribution in [0.1, 0.15) is 49.7 Å². The Balaban J connectivity index is 1.53. The van der Waals surface area contributed by atoms with Crippen molar-refractivity contribution in [1.29, 1.82) is 0 Å². The number of allylic oxidation sites excluding steroid dienone is 1. The minimum absolute atomic E-state index is 0.104. The van der Waals surface area contributed by atoms with Crippen LogP contribution in [0.5, 0.6) is 11.5 Å². The van der Waals surface area contributed by atoms with Crippen molar-refractivity contribution in [2.24, 2.45) is 0 Å². The van der Waals surface area contributed by atoms with Crippen LogP contribution >= 0.6 is 23.8 Å². The van der Waals surface area contributed by atoms with Gasteiger partial charge in [0.25, 0.3) is 0 Å². The van der Waals surface area contributed by atoms with Crippen molar-refractivity contribution in [2.45, 2.75) is 38.4 Å². The Hall–Kier alpha value is -3.29.